The average Bonchev–Trinajstić information content (AvgIpc) is 3.17. The van der Waals surface area contributed by atoms with Crippen LogP contribution in [0.25, 0.3) is 0 Å². The van der Waals surface area contributed by atoms with Crippen molar-refractivity contribution in [3.63, 3.8) is 0 Å². The number of likely N-dealkylation sites (tertiary alicyclic amines) is 2. The van der Waals surface area contributed by atoms with Crippen LogP contribution in [-0.2, 0) is 4.74 Å². The predicted molar refractivity (Wildman–Crippen MR) is 83.5 cm³/mol. The highest BCUT2D eigenvalue weighted by Gasteiger charge is 2.57. The summed E-state index contributed by atoms with van der Waals surface area (Å²) in [4.78, 5) is 16.1. The predicted octanol–water partition coefficient (Wildman–Crippen LogP) is 0.924. The van der Waals surface area contributed by atoms with Crippen LogP contribution < -0.4 is 5.73 Å². The molecule has 2 saturated heterocycles. The second-order valence-electron chi connectivity index (χ2n) is 8.29. The largest absolute Gasteiger partial charge is 0.444 e. The molecule has 3 N–H and O–H groups in total. The molecule has 0 aromatic carbocycles. The number of nitrogens with zero attached hydrogens (tertiary/aromatic N) is 2. The lowest BCUT2D eigenvalue weighted by Gasteiger charge is -2.57. The fourth-order valence-corrected chi connectivity index (χ4v) is 3.58. The number of piperidine rings is 1. The molecule has 3 fully saturated rings. The van der Waals surface area contributed by atoms with Crippen LogP contribution in [0.3, 0.4) is 0 Å². The maximum Gasteiger partial charge on any atom is 0.410 e. The lowest BCUT2D eigenvalue weighted by Crippen LogP contribution is -2.80. The number of carbonyl (C=O) groups excluding carboxylic acids is 1. The first-order chi connectivity index (χ1) is 10.1. The van der Waals surface area contributed by atoms with Gasteiger partial charge in [0.1, 0.15) is 5.60 Å². The summed E-state index contributed by atoms with van der Waals surface area (Å²) in [6.07, 6.45) is 3.63. The van der Waals surface area contributed by atoms with E-state index < -0.39 is 16.7 Å². The zero-order valence-electron chi connectivity index (χ0n) is 14.0. The summed E-state index contributed by atoms with van der Waals surface area (Å²) >= 11 is 0. The van der Waals surface area contributed by atoms with Crippen LogP contribution >= 0.6 is 0 Å². The van der Waals surface area contributed by atoms with E-state index in [9.17, 15) is 9.90 Å². The molecule has 0 aromatic heterocycles. The van der Waals surface area contributed by atoms with E-state index >= 15 is 0 Å². The number of hydrogen-bond donors (Lipinski definition) is 2. The smallest absolute Gasteiger partial charge is 0.410 e. The summed E-state index contributed by atoms with van der Waals surface area (Å²) in [6.45, 7) is 8.12. The molecule has 2 aliphatic heterocycles. The van der Waals surface area contributed by atoms with Gasteiger partial charge in [0.2, 0.25) is 0 Å². The molecule has 1 saturated carbocycles. The van der Waals surface area contributed by atoms with Gasteiger partial charge in [-0.3, -0.25) is 0 Å². The monoisotopic (exact) mass is 311 g/mol. The van der Waals surface area contributed by atoms with Crippen LogP contribution in [0.1, 0.15) is 46.5 Å². The van der Waals surface area contributed by atoms with Gasteiger partial charge in [0.05, 0.1) is 11.1 Å². The molecule has 0 radical (unpaired) electrons. The van der Waals surface area contributed by atoms with Crippen LogP contribution in [0.2, 0.25) is 0 Å². The molecule has 0 aromatic rings. The van der Waals surface area contributed by atoms with E-state index in [1.54, 1.807) is 4.90 Å². The SMILES string of the molecule is CC(C)(C)OC(=O)N1CC(N)(C2(O)CCN(C3CC3)CC2)C1. The molecule has 1 aliphatic carbocycles. The summed E-state index contributed by atoms with van der Waals surface area (Å²) in [5, 5.41) is 11.0. The number of ether oxygens (including phenoxy) is 1. The number of amides is 1. The van der Waals surface area contributed by atoms with Gasteiger partial charge in [0.15, 0.2) is 0 Å². The summed E-state index contributed by atoms with van der Waals surface area (Å²) in [5.41, 5.74) is 4.36. The Morgan fingerprint density at radius 2 is 1.77 bits per heavy atom. The molecule has 126 valence electrons. The van der Waals surface area contributed by atoms with E-state index in [0.29, 0.717) is 25.9 Å². The minimum Gasteiger partial charge on any atom is -0.444 e. The second kappa shape index (κ2) is 5.08. The van der Waals surface area contributed by atoms with E-state index in [-0.39, 0.29) is 6.09 Å². The van der Waals surface area contributed by atoms with Crippen molar-refractivity contribution < 1.29 is 14.6 Å². The van der Waals surface area contributed by atoms with Gasteiger partial charge < -0.3 is 25.4 Å². The Hall–Kier alpha value is -0.850. The lowest BCUT2D eigenvalue weighted by atomic mass is 9.69. The Morgan fingerprint density at radius 1 is 1.23 bits per heavy atom. The third-order valence-electron chi connectivity index (χ3n) is 5.21. The summed E-state index contributed by atoms with van der Waals surface area (Å²) in [7, 11) is 0. The molecular weight excluding hydrogens is 282 g/mol. The van der Waals surface area contributed by atoms with Gasteiger partial charge in [0.25, 0.3) is 0 Å². The second-order valence-corrected chi connectivity index (χ2v) is 8.29. The van der Waals surface area contributed by atoms with E-state index in [4.69, 9.17) is 10.5 Å². The molecule has 6 heteroatoms. The first-order valence-corrected chi connectivity index (χ1v) is 8.35. The fraction of sp³-hybridized carbons (Fsp3) is 0.938. The van der Waals surface area contributed by atoms with E-state index in [0.717, 1.165) is 19.1 Å². The zero-order chi connectivity index (χ0) is 16.2. The Morgan fingerprint density at radius 3 is 2.23 bits per heavy atom. The Bertz CT molecular complexity index is 442. The van der Waals surface area contributed by atoms with Crippen LogP contribution in [0.4, 0.5) is 4.79 Å². The third kappa shape index (κ3) is 2.96. The molecular formula is C16H29N3O3. The topological polar surface area (TPSA) is 79.0 Å². The van der Waals surface area contributed by atoms with E-state index in [1.165, 1.54) is 12.8 Å². The normalized spacial score (nSPS) is 28.1. The Balaban J connectivity index is 1.54. The average molecular weight is 311 g/mol. The minimum atomic E-state index is -0.864. The Kier molecular flexibility index (Phi) is 3.70. The Labute approximate surface area is 132 Å². The molecule has 0 spiro atoms. The number of nitrogens with two attached hydrogens (primary N) is 1. The third-order valence-corrected chi connectivity index (χ3v) is 5.21. The van der Waals surface area contributed by atoms with E-state index in [2.05, 4.69) is 4.90 Å². The highest BCUT2D eigenvalue weighted by molar-refractivity contribution is 5.70. The molecule has 3 aliphatic rings. The lowest BCUT2D eigenvalue weighted by molar-refractivity contribution is -0.131. The molecule has 0 atom stereocenters. The molecule has 0 bridgehead atoms. The first kappa shape index (κ1) is 16.0. The van der Waals surface area contributed by atoms with Gasteiger partial charge in [-0.2, -0.15) is 0 Å². The van der Waals surface area contributed by atoms with Gasteiger partial charge in [-0.05, 0) is 46.5 Å². The fourth-order valence-electron chi connectivity index (χ4n) is 3.58. The van der Waals surface area contributed by atoms with Crippen LogP contribution in [-0.4, -0.2) is 70.0 Å². The molecule has 2 heterocycles. The quantitative estimate of drug-likeness (QED) is 0.793. The molecule has 6 nitrogen and oxygen atoms in total. The number of carbonyl (C=O) groups is 1. The van der Waals surface area contributed by atoms with Gasteiger partial charge in [-0.25, -0.2) is 4.79 Å². The molecule has 3 rings (SSSR count). The molecule has 0 unspecified atom stereocenters. The van der Waals surface area contributed by atoms with Crippen molar-refractivity contribution in [1.82, 2.24) is 9.80 Å². The molecule has 1 amide bonds. The number of aliphatic hydroxyl groups is 1. The standard InChI is InChI=1S/C16H29N3O3/c1-14(2,3)22-13(20)19-10-15(17,11-19)16(21)6-8-18(9-7-16)12-4-5-12/h12,21H,4-11,17H2,1-3H3. The van der Waals surface area contributed by atoms with Crippen molar-refractivity contribution in [1.29, 1.82) is 0 Å². The van der Waals surface area contributed by atoms with Gasteiger partial charge >= 0.3 is 6.09 Å². The van der Waals surface area contributed by atoms with E-state index in [1.807, 2.05) is 20.8 Å². The van der Waals surface area contributed by atoms with Crippen molar-refractivity contribution in [3.8, 4) is 0 Å². The maximum atomic E-state index is 12.0. The van der Waals surface area contributed by atoms with Gasteiger partial charge in [-0.15, -0.1) is 0 Å². The van der Waals surface area contributed by atoms with Crippen LogP contribution in [0.15, 0.2) is 0 Å². The van der Waals surface area contributed by atoms with Crippen LogP contribution in [0, 0.1) is 0 Å². The number of hydrogen-bond acceptors (Lipinski definition) is 5. The first-order valence-electron chi connectivity index (χ1n) is 8.35. The zero-order valence-corrected chi connectivity index (χ0v) is 14.0. The maximum absolute atomic E-state index is 12.0. The molecule has 22 heavy (non-hydrogen) atoms. The van der Waals surface area contributed by atoms with Crippen LogP contribution in [0.5, 0.6) is 0 Å². The highest BCUT2D eigenvalue weighted by Crippen LogP contribution is 2.40. The summed E-state index contributed by atoms with van der Waals surface area (Å²) in [6, 6.07) is 0.734. The van der Waals surface area contributed by atoms with Crippen molar-refractivity contribution in [3.05, 3.63) is 0 Å². The van der Waals surface area contributed by atoms with Crippen molar-refractivity contribution >= 4 is 6.09 Å². The van der Waals surface area contributed by atoms with Crippen molar-refractivity contribution in [2.45, 2.75) is 69.2 Å². The van der Waals surface area contributed by atoms with Crippen molar-refractivity contribution in [2.75, 3.05) is 26.2 Å². The minimum absolute atomic E-state index is 0.340. The van der Waals surface area contributed by atoms with Crippen molar-refractivity contribution in [2.24, 2.45) is 5.73 Å². The summed E-state index contributed by atoms with van der Waals surface area (Å²) < 4.78 is 5.35. The van der Waals surface area contributed by atoms with Gasteiger partial charge in [0, 0.05) is 32.2 Å². The van der Waals surface area contributed by atoms with Gasteiger partial charge in [-0.1, -0.05) is 0 Å². The summed E-state index contributed by atoms with van der Waals surface area (Å²) in [5.74, 6) is 0. The number of rotatable bonds is 2. The highest BCUT2D eigenvalue weighted by atomic mass is 16.6.